The zero-order valence-corrected chi connectivity index (χ0v) is 10.9. The summed E-state index contributed by atoms with van der Waals surface area (Å²) in [5.41, 5.74) is 3.72. The number of halogens is 1. The van der Waals surface area contributed by atoms with Crippen LogP contribution in [0.25, 0.3) is 16.9 Å². The Bertz CT molecular complexity index is 712. The average molecular weight is 262 g/mol. The van der Waals surface area contributed by atoms with Gasteiger partial charge < -0.3 is 0 Å². The maximum Gasteiger partial charge on any atom is 0.165 e. The van der Waals surface area contributed by atoms with Gasteiger partial charge in [0.25, 0.3) is 0 Å². The predicted octanol–water partition coefficient (Wildman–Crippen LogP) is 2.20. The van der Waals surface area contributed by atoms with Gasteiger partial charge in [-0.05, 0) is 18.6 Å². The summed E-state index contributed by atoms with van der Waals surface area (Å²) in [6, 6.07) is 1.95. The van der Waals surface area contributed by atoms with E-state index in [0.717, 1.165) is 28.2 Å². The molecule has 3 aromatic rings. The highest BCUT2D eigenvalue weighted by atomic mass is 35.5. The van der Waals surface area contributed by atoms with Gasteiger partial charge in [-0.25, -0.2) is 9.97 Å². The van der Waals surface area contributed by atoms with Gasteiger partial charge in [0.1, 0.15) is 11.3 Å². The van der Waals surface area contributed by atoms with Gasteiger partial charge in [0, 0.05) is 19.4 Å². The molecule has 0 atom stereocenters. The van der Waals surface area contributed by atoms with Crippen molar-refractivity contribution in [3.63, 3.8) is 0 Å². The van der Waals surface area contributed by atoms with Crippen molar-refractivity contribution in [3.05, 3.63) is 36.0 Å². The second-order valence-corrected chi connectivity index (χ2v) is 4.44. The van der Waals surface area contributed by atoms with Crippen molar-refractivity contribution in [2.24, 2.45) is 7.05 Å². The molecule has 92 valence electrons. The van der Waals surface area contributed by atoms with Crippen LogP contribution in [-0.2, 0) is 12.9 Å². The second-order valence-electron chi connectivity index (χ2n) is 4.17. The molecule has 0 radical (unpaired) electrons. The fourth-order valence-electron chi connectivity index (χ4n) is 2.02. The van der Waals surface area contributed by atoms with E-state index >= 15 is 0 Å². The van der Waals surface area contributed by atoms with Crippen molar-refractivity contribution in [3.8, 4) is 5.69 Å². The quantitative estimate of drug-likeness (QED) is 0.665. The molecule has 0 aliphatic carbocycles. The van der Waals surface area contributed by atoms with Crippen LogP contribution in [-0.4, -0.2) is 24.3 Å². The fourth-order valence-corrected chi connectivity index (χ4v) is 2.20. The van der Waals surface area contributed by atoms with Gasteiger partial charge in [-0.15, -0.1) is 11.6 Å². The molecule has 3 heterocycles. The summed E-state index contributed by atoms with van der Waals surface area (Å²) in [7, 11) is 1.88. The zero-order valence-electron chi connectivity index (χ0n) is 10.1. The number of hydrogen-bond donors (Lipinski definition) is 0. The normalized spacial score (nSPS) is 11.3. The molecule has 3 rings (SSSR count). The summed E-state index contributed by atoms with van der Waals surface area (Å²) >= 11 is 5.97. The summed E-state index contributed by atoms with van der Waals surface area (Å²) in [5, 5.41) is 4.17. The van der Waals surface area contributed by atoms with Crippen LogP contribution in [0, 0.1) is 6.92 Å². The Labute approximate surface area is 109 Å². The van der Waals surface area contributed by atoms with E-state index in [1.54, 1.807) is 17.1 Å². The number of rotatable bonds is 2. The lowest BCUT2D eigenvalue weighted by Crippen LogP contribution is -1.99. The van der Waals surface area contributed by atoms with E-state index in [1.165, 1.54) is 0 Å². The molecule has 18 heavy (non-hydrogen) atoms. The molecular weight excluding hydrogens is 250 g/mol. The van der Waals surface area contributed by atoms with E-state index in [1.807, 2.05) is 30.8 Å². The summed E-state index contributed by atoms with van der Waals surface area (Å²) in [6.07, 6.45) is 5.48. The standard InChI is InChI=1S/C12H12ClN5/c1-8-3-4-14-12-11(8)16-10(5-13)18(12)9-6-15-17(2)7-9/h3-4,6-7H,5H2,1-2H3. The highest BCUT2D eigenvalue weighted by Crippen LogP contribution is 2.22. The molecule has 0 saturated carbocycles. The number of hydrogen-bond acceptors (Lipinski definition) is 3. The van der Waals surface area contributed by atoms with Crippen molar-refractivity contribution in [2.45, 2.75) is 12.8 Å². The first-order valence-corrected chi connectivity index (χ1v) is 6.12. The molecule has 0 amide bonds. The third-order valence-corrected chi connectivity index (χ3v) is 3.13. The smallest absolute Gasteiger partial charge is 0.165 e. The maximum atomic E-state index is 5.97. The lowest BCUT2D eigenvalue weighted by atomic mass is 10.3. The van der Waals surface area contributed by atoms with Gasteiger partial charge in [0.05, 0.1) is 17.8 Å². The number of alkyl halides is 1. The number of pyridine rings is 1. The lowest BCUT2D eigenvalue weighted by Gasteiger charge is -2.02. The van der Waals surface area contributed by atoms with E-state index in [-0.39, 0.29) is 0 Å². The molecule has 3 aromatic heterocycles. The van der Waals surface area contributed by atoms with Gasteiger partial charge in [-0.1, -0.05) is 0 Å². The van der Waals surface area contributed by atoms with Gasteiger partial charge >= 0.3 is 0 Å². The molecule has 0 N–H and O–H groups in total. The summed E-state index contributed by atoms with van der Waals surface area (Å²) in [4.78, 5) is 8.95. The van der Waals surface area contributed by atoms with Crippen LogP contribution in [0.4, 0.5) is 0 Å². The second kappa shape index (κ2) is 4.10. The monoisotopic (exact) mass is 261 g/mol. The SMILES string of the molecule is Cc1ccnc2c1nc(CCl)n2-c1cnn(C)c1. The minimum atomic E-state index is 0.338. The summed E-state index contributed by atoms with van der Waals surface area (Å²) in [5.74, 6) is 1.12. The molecule has 0 spiro atoms. The van der Waals surface area contributed by atoms with Crippen molar-refractivity contribution in [1.29, 1.82) is 0 Å². The zero-order chi connectivity index (χ0) is 12.7. The number of nitrogens with zero attached hydrogens (tertiary/aromatic N) is 5. The molecule has 0 bridgehead atoms. The Morgan fingerprint density at radius 1 is 1.39 bits per heavy atom. The van der Waals surface area contributed by atoms with Gasteiger partial charge in [-0.3, -0.25) is 9.25 Å². The Morgan fingerprint density at radius 2 is 2.22 bits per heavy atom. The predicted molar refractivity (Wildman–Crippen MR) is 69.9 cm³/mol. The lowest BCUT2D eigenvalue weighted by molar-refractivity contribution is 0.767. The van der Waals surface area contributed by atoms with Gasteiger partial charge in [-0.2, -0.15) is 5.10 Å². The largest absolute Gasteiger partial charge is 0.276 e. The van der Waals surface area contributed by atoms with E-state index in [4.69, 9.17) is 11.6 Å². The number of aromatic nitrogens is 5. The number of aryl methyl sites for hydroxylation is 2. The number of imidazole rings is 1. The Balaban J connectivity index is 2.36. The topological polar surface area (TPSA) is 48.5 Å². The van der Waals surface area contributed by atoms with Crippen molar-refractivity contribution < 1.29 is 0 Å². The first-order valence-electron chi connectivity index (χ1n) is 5.58. The first kappa shape index (κ1) is 11.2. The molecule has 0 aromatic carbocycles. The number of fused-ring (bicyclic) bond motifs is 1. The average Bonchev–Trinajstić information content (AvgIpc) is 2.93. The molecule has 6 heteroatoms. The minimum absolute atomic E-state index is 0.338. The van der Waals surface area contributed by atoms with Gasteiger partial charge in [0.15, 0.2) is 5.65 Å². The highest BCUT2D eigenvalue weighted by Gasteiger charge is 2.15. The Morgan fingerprint density at radius 3 is 2.89 bits per heavy atom. The minimum Gasteiger partial charge on any atom is -0.276 e. The van der Waals surface area contributed by atoms with Crippen molar-refractivity contribution in [2.75, 3.05) is 0 Å². The van der Waals surface area contributed by atoms with Crippen LogP contribution in [0.2, 0.25) is 0 Å². The first-order chi connectivity index (χ1) is 8.70. The summed E-state index contributed by atoms with van der Waals surface area (Å²) in [6.45, 7) is 2.02. The van der Waals surface area contributed by atoms with Crippen LogP contribution in [0.15, 0.2) is 24.7 Å². The molecule has 5 nitrogen and oxygen atoms in total. The van der Waals surface area contributed by atoms with E-state index in [2.05, 4.69) is 15.1 Å². The van der Waals surface area contributed by atoms with E-state index in [0.29, 0.717) is 5.88 Å². The van der Waals surface area contributed by atoms with Crippen molar-refractivity contribution >= 4 is 22.8 Å². The van der Waals surface area contributed by atoms with E-state index < -0.39 is 0 Å². The fraction of sp³-hybridized carbons (Fsp3) is 0.250. The van der Waals surface area contributed by atoms with Crippen LogP contribution < -0.4 is 0 Å². The molecular formula is C12H12ClN5. The molecule has 0 fully saturated rings. The van der Waals surface area contributed by atoms with Crippen LogP contribution in [0.5, 0.6) is 0 Å². The van der Waals surface area contributed by atoms with Crippen molar-refractivity contribution in [1.82, 2.24) is 24.3 Å². The highest BCUT2D eigenvalue weighted by molar-refractivity contribution is 6.17. The van der Waals surface area contributed by atoms with E-state index in [9.17, 15) is 0 Å². The maximum absolute atomic E-state index is 5.97. The third-order valence-electron chi connectivity index (χ3n) is 2.89. The molecule has 0 saturated heterocycles. The molecule has 0 aliphatic rings. The van der Waals surface area contributed by atoms with Crippen LogP contribution in [0.3, 0.4) is 0 Å². The van der Waals surface area contributed by atoms with Gasteiger partial charge in [0.2, 0.25) is 0 Å². The summed E-state index contributed by atoms with van der Waals surface area (Å²) < 4.78 is 3.69. The molecule has 0 unspecified atom stereocenters. The Kier molecular flexibility index (Phi) is 2.56. The molecule has 0 aliphatic heterocycles. The van der Waals surface area contributed by atoms with Crippen LogP contribution in [0.1, 0.15) is 11.4 Å². The Hall–Kier alpha value is -1.88. The third kappa shape index (κ3) is 1.59. The van der Waals surface area contributed by atoms with Crippen LogP contribution >= 0.6 is 11.6 Å².